The second-order valence-electron chi connectivity index (χ2n) is 8.99. The van der Waals surface area contributed by atoms with Gasteiger partial charge in [0.1, 0.15) is 11.9 Å². The lowest BCUT2D eigenvalue weighted by atomic mass is 9.96. The summed E-state index contributed by atoms with van der Waals surface area (Å²) in [5.74, 6) is 1.13. The highest BCUT2D eigenvalue weighted by Gasteiger charge is 2.29. The highest BCUT2D eigenvalue weighted by atomic mass is 19.4. The summed E-state index contributed by atoms with van der Waals surface area (Å²) in [4.78, 5) is 9.76. The fourth-order valence-electron chi connectivity index (χ4n) is 4.52. The minimum Gasteiger partial charge on any atom is -0.490 e. The molecule has 1 aliphatic heterocycles. The molecule has 0 atom stereocenters. The first-order chi connectivity index (χ1) is 15.2. The van der Waals surface area contributed by atoms with Crippen molar-refractivity contribution < 1.29 is 17.9 Å². The topological polar surface area (TPSA) is 41.1 Å². The summed E-state index contributed by atoms with van der Waals surface area (Å²) in [6.45, 7) is 7.70. The minimum atomic E-state index is -4.10. The van der Waals surface area contributed by atoms with Crippen LogP contribution in [0.1, 0.15) is 50.3 Å². The van der Waals surface area contributed by atoms with Crippen molar-refractivity contribution in [3.63, 3.8) is 0 Å². The summed E-state index contributed by atoms with van der Waals surface area (Å²) in [7, 11) is 0. The van der Waals surface area contributed by atoms with Gasteiger partial charge in [0.05, 0.1) is 12.1 Å². The SMILES string of the molecule is Cc1cc(-c2[nH]c3ccc(OC4CCN(CCC(F)(F)F)CC4)cc3c2C(C)C)ccn1. The second-order valence-corrected chi connectivity index (χ2v) is 8.99. The lowest BCUT2D eigenvalue weighted by Crippen LogP contribution is -2.39. The van der Waals surface area contributed by atoms with Gasteiger partial charge in [0.2, 0.25) is 0 Å². The molecule has 0 saturated carbocycles. The van der Waals surface area contributed by atoms with Crippen molar-refractivity contribution >= 4 is 10.9 Å². The van der Waals surface area contributed by atoms with Crippen molar-refractivity contribution in [3.8, 4) is 17.0 Å². The van der Waals surface area contributed by atoms with Gasteiger partial charge >= 0.3 is 6.18 Å². The Labute approximate surface area is 186 Å². The van der Waals surface area contributed by atoms with E-state index in [1.165, 1.54) is 5.56 Å². The van der Waals surface area contributed by atoms with E-state index in [1.54, 1.807) is 0 Å². The predicted molar refractivity (Wildman–Crippen MR) is 121 cm³/mol. The minimum absolute atomic E-state index is 0.0262. The van der Waals surface area contributed by atoms with Gasteiger partial charge in [-0.3, -0.25) is 4.98 Å². The largest absolute Gasteiger partial charge is 0.490 e. The molecule has 0 amide bonds. The molecule has 1 N–H and O–H groups in total. The number of benzene rings is 1. The maximum atomic E-state index is 12.5. The van der Waals surface area contributed by atoms with Crippen molar-refractivity contribution in [3.05, 3.63) is 47.8 Å². The molecule has 1 saturated heterocycles. The molecule has 0 bridgehead atoms. The van der Waals surface area contributed by atoms with Gasteiger partial charge in [0.25, 0.3) is 0 Å². The molecule has 0 radical (unpaired) electrons. The van der Waals surface area contributed by atoms with Gasteiger partial charge in [-0.1, -0.05) is 13.8 Å². The highest BCUT2D eigenvalue weighted by Crippen LogP contribution is 2.37. The van der Waals surface area contributed by atoms with Gasteiger partial charge in [-0.15, -0.1) is 0 Å². The first-order valence-corrected chi connectivity index (χ1v) is 11.2. The standard InChI is InChI=1S/C25H30F3N3O/c1-16(2)23-21-15-20(32-19-7-11-31(12-8-19)13-9-25(26,27)28)4-5-22(21)30-24(23)18-6-10-29-17(3)14-18/h4-6,10,14-16,19,30H,7-9,11-13H2,1-3H3. The third-order valence-electron chi connectivity index (χ3n) is 6.12. The van der Waals surface area contributed by atoms with Crippen LogP contribution in [-0.4, -0.2) is 46.8 Å². The Bertz CT molecular complexity index is 1070. The Balaban J connectivity index is 1.50. The van der Waals surface area contributed by atoms with Crippen molar-refractivity contribution in [2.75, 3.05) is 19.6 Å². The number of halogens is 3. The highest BCUT2D eigenvalue weighted by molar-refractivity contribution is 5.92. The van der Waals surface area contributed by atoms with Crippen molar-refractivity contribution in [2.24, 2.45) is 0 Å². The number of rotatable bonds is 6. The van der Waals surface area contributed by atoms with Crippen molar-refractivity contribution in [1.29, 1.82) is 0 Å². The number of nitrogens with zero attached hydrogens (tertiary/aromatic N) is 2. The van der Waals surface area contributed by atoms with Crippen LogP contribution in [0.15, 0.2) is 36.5 Å². The first-order valence-electron chi connectivity index (χ1n) is 11.2. The second kappa shape index (κ2) is 9.14. The Morgan fingerprint density at radius 2 is 1.91 bits per heavy atom. The molecule has 0 unspecified atom stereocenters. The van der Waals surface area contributed by atoms with Gasteiger partial charge in [-0.25, -0.2) is 0 Å². The summed E-state index contributed by atoms with van der Waals surface area (Å²) in [5, 5.41) is 1.14. The fraction of sp³-hybridized carbons (Fsp3) is 0.480. The van der Waals surface area contributed by atoms with Gasteiger partial charge in [-0.05, 0) is 61.6 Å². The number of ether oxygens (including phenoxy) is 1. The Morgan fingerprint density at radius 1 is 1.16 bits per heavy atom. The number of alkyl halides is 3. The number of pyridine rings is 1. The van der Waals surface area contributed by atoms with E-state index in [-0.39, 0.29) is 12.6 Å². The van der Waals surface area contributed by atoms with Crippen LogP contribution in [0.25, 0.3) is 22.2 Å². The molecular formula is C25H30F3N3O. The van der Waals surface area contributed by atoms with E-state index in [1.807, 2.05) is 36.2 Å². The molecule has 32 heavy (non-hydrogen) atoms. The zero-order valence-electron chi connectivity index (χ0n) is 18.8. The molecule has 1 aliphatic rings. The first kappa shape index (κ1) is 22.6. The molecule has 2 aromatic heterocycles. The lowest BCUT2D eigenvalue weighted by molar-refractivity contribution is -0.138. The van der Waals surface area contributed by atoms with Crippen LogP contribution in [0.3, 0.4) is 0 Å². The number of aromatic amines is 1. The average molecular weight is 446 g/mol. The number of hydrogen-bond donors (Lipinski definition) is 1. The van der Waals surface area contributed by atoms with Gasteiger partial charge in [0, 0.05) is 48.0 Å². The number of aromatic nitrogens is 2. The quantitative estimate of drug-likeness (QED) is 0.474. The average Bonchev–Trinajstić information content (AvgIpc) is 3.12. The Hall–Kier alpha value is -2.54. The van der Waals surface area contributed by atoms with Crippen molar-refractivity contribution in [2.45, 2.75) is 58.2 Å². The smallest absolute Gasteiger partial charge is 0.390 e. The van der Waals surface area contributed by atoms with Crippen LogP contribution >= 0.6 is 0 Å². The molecule has 4 rings (SSSR count). The molecule has 4 nitrogen and oxygen atoms in total. The summed E-state index contributed by atoms with van der Waals surface area (Å²) in [5.41, 5.74) is 5.51. The Morgan fingerprint density at radius 3 is 2.56 bits per heavy atom. The normalized spacial score (nSPS) is 16.2. The molecule has 3 heterocycles. The van der Waals surface area contributed by atoms with E-state index in [4.69, 9.17) is 4.74 Å². The van der Waals surface area contributed by atoms with E-state index in [9.17, 15) is 13.2 Å². The Kier molecular flexibility index (Phi) is 6.47. The summed E-state index contributed by atoms with van der Waals surface area (Å²) >= 11 is 0. The summed E-state index contributed by atoms with van der Waals surface area (Å²) in [6, 6.07) is 10.2. The number of likely N-dealkylation sites (tertiary alicyclic amines) is 1. The molecule has 0 spiro atoms. The summed E-state index contributed by atoms with van der Waals surface area (Å²) in [6.07, 6.45) is -1.52. The van der Waals surface area contributed by atoms with Gasteiger partial charge in [-0.2, -0.15) is 13.2 Å². The van der Waals surface area contributed by atoms with Crippen LogP contribution in [0.5, 0.6) is 5.75 Å². The third kappa shape index (κ3) is 5.26. The van der Waals surface area contributed by atoms with Crippen LogP contribution in [0.2, 0.25) is 0 Å². The predicted octanol–water partition coefficient (Wildman–Crippen LogP) is 6.46. The third-order valence-corrected chi connectivity index (χ3v) is 6.12. The number of aryl methyl sites for hydroxylation is 1. The zero-order valence-corrected chi connectivity index (χ0v) is 18.8. The molecular weight excluding hydrogens is 415 g/mol. The van der Waals surface area contributed by atoms with E-state index >= 15 is 0 Å². The molecule has 1 fully saturated rings. The maximum Gasteiger partial charge on any atom is 0.390 e. The van der Waals surface area contributed by atoms with E-state index < -0.39 is 12.6 Å². The van der Waals surface area contributed by atoms with Crippen LogP contribution in [-0.2, 0) is 0 Å². The van der Waals surface area contributed by atoms with Crippen LogP contribution < -0.4 is 4.74 Å². The fourth-order valence-corrected chi connectivity index (χ4v) is 4.52. The van der Waals surface area contributed by atoms with Crippen molar-refractivity contribution in [1.82, 2.24) is 14.9 Å². The maximum absolute atomic E-state index is 12.5. The number of H-pyrrole nitrogens is 1. The molecule has 7 heteroatoms. The lowest BCUT2D eigenvalue weighted by Gasteiger charge is -2.32. The number of fused-ring (bicyclic) bond motifs is 1. The molecule has 0 aliphatic carbocycles. The molecule has 1 aromatic carbocycles. The van der Waals surface area contributed by atoms with Crippen LogP contribution in [0, 0.1) is 6.92 Å². The monoisotopic (exact) mass is 445 g/mol. The van der Waals surface area contributed by atoms with E-state index in [0.717, 1.165) is 46.4 Å². The number of piperidine rings is 1. The summed E-state index contributed by atoms with van der Waals surface area (Å²) < 4.78 is 43.6. The number of nitrogens with one attached hydrogen (secondary N) is 1. The zero-order chi connectivity index (χ0) is 22.9. The van der Waals surface area contributed by atoms with E-state index in [2.05, 4.69) is 35.9 Å². The molecule has 3 aromatic rings. The number of hydrogen-bond acceptors (Lipinski definition) is 3. The van der Waals surface area contributed by atoms with Crippen LogP contribution in [0.4, 0.5) is 13.2 Å². The van der Waals surface area contributed by atoms with E-state index in [0.29, 0.717) is 19.0 Å². The van der Waals surface area contributed by atoms with Gasteiger partial charge in [0.15, 0.2) is 0 Å². The molecule has 172 valence electrons. The van der Waals surface area contributed by atoms with Gasteiger partial charge < -0.3 is 14.6 Å².